The second-order valence-electron chi connectivity index (χ2n) is 7.44. The molecule has 2 heterocycles. The average molecular weight is 455 g/mol. The van der Waals surface area contributed by atoms with Crippen LogP contribution in [0.4, 0.5) is 0 Å². The maximum Gasteiger partial charge on any atom is 0.233 e. The summed E-state index contributed by atoms with van der Waals surface area (Å²) in [6.07, 6.45) is 2.45. The maximum atomic E-state index is 13.0. The molecule has 1 unspecified atom stereocenters. The number of thioether (sulfide) groups is 1. The molecule has 1 amide bonds. The van der Waals surface area contributed by atoms with Crippen LogP contribution in [-0.2, 0) is 21.2 Å². The predicted octanol–water partition coefficient (Wildman–Crippen LogP) is 2.89. The van der Waals surface area contributed by atoms with Gasteiger partial charge < -0.3 is 9.47 Å². The van der Waals surface area contributed by atoms with Crippen LogP contribution in [0.25, 0.3) is 11.4 Å². The Morgan fingerprint density at radius 2 is 2.07 bits per heavy atom. The van der Waals surface area contributed by atoms with Crippen molar-refractivity contribution < 1.29 is 13.2 Å². The summed E-state index contributed by atoms with van der Waals surface area (Å²) in [5, 5.41) is 9.87. The van der Waals surface area contributed by atoms with E-state index in [0.29, 0.717) is 29.0 Å². The van der Waals surface area contributed by atoms with Crippen LogP contribution in [0.2, 0.25) is 5.02 Å². The average Bonchev–Trinajstić information content (AvgIpc) is 3.31. The highest BCUT2D eigenvalue weighted by molar-refractivity contribution is 7.99. The van der Waals surface area contributed by atoms with Crippen molar-refractivity contribution in [2.45, 2.75) is 50.0 Å². The Bertz CT molecular complexity index is 1020. The van der Waals surface area contributed by atoms with E-state index in [1.807, 2.05) is 40.7 Å². The molecule has 2 fully saturated rings. The zero-order valence-corrected chi connectivity index (χ0v) is 18.5. The van der Waals surface area contributed by atoms with Gasteiger partial charge in [-0.2, -0.15) is 0 Å². The Balaban J connectivity index is 1.48. The van der Waals surface area contributed by atoms with E-state index < -0.39 is 9.84 Å². The highest BCUT2D eigenvalue weighted by Crippen LogP contribution is 2.33. The lowest BCUT2D eigenvalue weighted by Crippen LogP contribution is -2.43. The van der Waals surface area contributed by atoms with Gasteiger partial charge in [-0.25, -0.2) is 8.42 Å². The van der Waals surface area contributed by atoms with Gasteiger partial charge >= 0.3 is 0 Å². The number of halogens is 1. The minimum absolute atomic E-state index is 0.0189. The molecule has 1 saturated carbocycles. The summed E-state index contributed by atoms with van der Waals surface area (Å²) < 4.78 is 25.7. The highest BCUT2D eigenvalue weighted by Gasteiger charge is 2.42. The van der Waals surface area contributed by atoms with Gasteiger partial charge in [-0.3, -0.25) is 4.79 Å². The van der Waals surface area contributed by atoms with E-state index in [2.05, 4.69) is 10.2 Å². The largest absolute Gasteiger partial charge is 0.335 e. The lowest BCUT2D eigenvalue weighted by atomic mass is 10.2. The Labute approximate surface area is 179 Å². The fourth-order valence-corrected chi connectivity index (χ4v) is 6.55. The first-order valence-corrected chi connectivity index (χ1v) is 12.9. The van der Waals surface area contributed by atoms with Crippen molar-refractivity contribution in [3.05, 3.63) is 29.3 Å². The molecule has 156 valence electrons. The number of aromatic nitrogens is 3. The van der Waals surface area contributed by atoms with Gasteiger partial charge in [0.2, 0.25) is 5.91 Å². The first-order valence-electron chi connectivity index (χ1n) is 9.71. The number of carbonyl (C=O) groups excluding carboxylic acids is 1. The molecule has 7 nitrogen and oxygen atoms in total. The third-order valence-corrected chi connectivity index (χ3v) is 8.21. The molecular formula is C19H23ClN4O3S2. The molecule has 1 saturated heterocycles. The van der Waals surface area contributed by atoms with Crippen LogP contribution in [0.1, 0.15) is 26.2 Å². The van der Waals surface area contributed by atoms with Gasteiger partial charge in [-0.05, 0) is 38.3 Å². The summed E-state index contributed by atoms with van der Waals surface area (Å²) >= 11 is 7.44. The predicted molar refractivity (Wildman–Crippen MR) is 114 cm³/mol. The molecule has 1 aromatic heterocycles. The fraction of sp³-hybridized carbons (Fsp3) is 0.526. The lowest BCUT2D eigenvalue weighted by Gasteiger charge is -2.28. The molecule has 29 heavy (non-hydrogen) atoms. The smallest absolute Gasteiger partial charge is 0.233 e. The Kier molecular flexibility index (Phi) is 5.90. The standard InChI is InChI=1S/C19H23ClN4O3S2/c1-2-23-18(13-4-3-5-14(20)10-13)21-22-19(23)28-11-17(25)24(15-6-7-15)16-8-9-29(26,27)12-16/h3-5,10,15-16H,2,6-9,11-12H2,1H3. The second-order valence-corrected chi connectivity index (χ2v) is 11.0. The van der Waals surface area contributed by atoms with E-state index in [-0.39, 0.29) is 35.2 Å². The summed E-state index contributed by atoms with van der Waals surface area (Å²) in [5.74, 6) is 1.18. The molecule has 2 aromatic rings. The monoisotopic (exact) mass is 454 g/mol. The molecule has 1 aliphatic carbocycles. The van der Waals surface area contributed by atoms with Gasteiger partial charge in [0.1, 0.15) is 0 Å². The Morgan fingerprint density at radius 3 is 2.69 bits per heavy atom. The minimum Gasteiger partial charge on any atom is -0.335 e. The molecule has 1 atom stereocenters. The highest BCUT2D eigenvalue weighted by atomic mass is 35.5. The summed E-state index contributed by atoms with van der Waals surface area (Å²) in [5.41, 5.74) is 0.876. The van der Waals surface area contributed by atoms with Gasteiger partial charge in [0.15, 0.2) is 20.8 Å². The number of carbonyl (C=O) groups is 1. The number of rotatable bonds is 7. The van der Waals surface area contributed by atoms with Crippen molar-refractivity contribution >= 4 is 39.1 Å². The van der Waals surface area contributed by atoms with Crippen LogP contribution in [0.3, 0.4) is 0 Å². The topological polar surface area (TPSA) is 85.2 Å². The summed E-state index contributed by atoms with van der Waals surface area (Å²) in [4.78, 5) is 14.8. The molecule has 1 aliphatic heterocycles. The van der Waals surface area contributed by atoms with Crippen LogP contribution in [0.5, 0.6) is 0 Å². The molecule has 2 aliphatic rings. The Hall–Kier alpha value is -1.58. The molecule has 4 rings (SSSR count). The summed E-state index contributed by atoms with van der Waals surface area (Å²) in [6.45, 7) is 2.67. The van der Waals surface area contributed by atoms with Gasteiger partial charge in [-0.1, -0.05) is 35.5 Å². The van der Waals surface area contributed by atoms with E-state index in [1.165, 1.54) is 11.8 Å². The van der Waals surface area contributed by atoms with Crippen LogP contribution in [-0.4, -0.2) is 63.3 Å². The first kappa shape index (κ1) is 20.7. The van der Waals surface area contributed by atoms with E-state index in [1.54, 1.807) is 0 Å². The van der Waals surface area contributed by atoms with Crippen molar-refractivity contribution in [2.24, 2.45) is 0 Å². The molecule has 0 N–H and O–H groups in total. The number of hydrogen-bond donors (Lipinski definition) is 0. The molecule has 0 spiro atoms. The Morgan fingerprint density at radius 1 is 1.28 bits per heavy atom. The summed E-state index contributed by atoms with van der Waals surface area (Å²) in [6, 6.07) is 7.44. The van der Waals surface area contributed by atoms with Gasteiger partial charge in [0.05, 0.1) is 17.3 Å². The molecule has 0 radical (unpaired) electrons. The number of hydrogen-bond acceptors (Lipinski definition) is 6. The quantitative estimate of drug-likeness (QED) is 0.598. The van der Waals surface area contributed by atoms with Crippen molar-refractivity contribution in [3.8, 4) is 11.4 Å². The molecule has 1 aromatic carbocycles. The molecule has 10 heteroatoms. The third-order valence-electron chi connectivity index (χ3n) is 5.27. The molecule has 0 bridgehead atoms. The van der Waals surface area contributed by atoms with Crippen molar-refractivity contribution in [1.82, 2.24) is 19.7 Å². The fourth-order valence-electron chi connectivity index (χ4n) is 3.78. The SMILES string of the molecule is CCn1c(SCC(=O)N(C2CC2)C2CCS(=O)(=O)C2)nnc1-c1cccc(Cl)c1. The van der Waals surface area contributed by atoms with E-state index >= 15 is 0 Å². The van der Waals surface area contributed by atoms with Crippen LogP contribution in [0, 0.1) is 0 Å². The first-order chi connectivity index (χ1) is 13.9. The number of benzene rings is 1. The number of amides is 1. The van der Waals surface area contributed by atoms with E-state index in [4.69, 9.17) is 11.6 Å². The molecular weight excluding hydrogens is 432 g/mol. The second kappa shape index (κ2) is 8.28. The van der Waals surface area contributed by atoms with E-state index in [0.717, 1.165) is 18.4 Å². The van der Waals surface area contributed by atoms with Crippen LogP contribution < -0.4 is 0 Å². The zero-order chi connectivity index (χ0) is 20.6. The van der Waals surface area contributed by atoms with Crippen LogP contribution >= 0.6 is 23.4 Å². The van der Waals surface area contributed by atoms with E-state index in [9.17, 15) is 13.2 Å². The minimum atomic E-state index is -3.03. The third kappa shape index (κ3) is 4.62. The lowest BCUT2D eigenvalue weighted by molar-refractivity contribution is -0.130. The van der Waals surface area contributed by atoms with Crippen molar-refractivity contribution in [2.75, 3.05) is 17.3 Å². The summed E-state index contributed by atoms with van der Waals surface area (Å²) in [7, 11) is -3.03. The van der Waals surface area contributed by atoms with Crippen LogP contribution in [0.15, 0.2) is 29.4 Å². The number of nitrogens with zero attached hydrogens (tertiary/aromatic N) is 4. The van der Waals surface area contributed by atoms with Gasteiger partial charge in [0.25, 0.3) is 0 Å². The van der Waals surface area contributed by atoms with Crippen molar-refractivity contribution in [3.63, 3.8) is 0 Å². The van der Waals surface area contributed by atoms with Gasteiger partial charge in [-0.15, -0.1) is 10.2 Å². The normalized spacial score (nSPS) is 20.7. The zero-order valence-electron chi connectivity index (χ0n) is 16.1. The number of sulfone groups is 1. The maximum absolute atomic E-state index is 13.0. The van der Waals surface area contributed by atoms with Crippen molar-refractivity contribution in [1.29, 1.82) is 0 Å². The van der Waals surface area contributed by atoms with Gasteiger partial charge in [0, 0.05) is 29.2 Å².